The van der Waals surface area contributed by atoms with E-state index >= 15 is 0 Å². The molecule has 26 heavy (non-hydrogen) atoms. The Morgan fingerprint density at radius 3 is 2.77 bits per heavy atom. The van der Waals surface area contributed by atoms with E-state index in [4.69, 9.17) is 0 Å². The molecule has 2 heterocycles. The zero-order valence-electron chi connectivity index (χ0n) is 14.1. The molecule has 4 rings (SSSR count). The van der Waals surface area contributed by atoms with Gasteiger partial charge in [-0.3, -0.25) is 15.0 Å². The molecular weight excluding hydrogens is 410 g/mol. The van der Waals surface area contributed by atoms with E-state index in [0.29, 0.717) is 10.7 Å². The van der Waals surface area contributed by atoms with Crippen LogP contribution in [-0.4, -0.2) is 22.3 Å². The number of anilines is 1. The maximum atomic E-state index is 12.4. The van der Waals surface area contributed by atoms with Crippen LogP contribution in [0.2, 0.25) is 0 Å². The highest BCUT2D eigenvalue weighted by Gasteiger charge is 2.17. The zero-order chi connectivity index (χ0) is 17.9. The number of nitrogens with one attached hydrogen (secondary N) is 1. The van der Waals surface area contributed by atoms with Gasteiger partial charge in [-0.05, 0) is 45.6 Å². The van der Waals surface area contributed by atoms with Gasteiger partial charge < -0.3 is 0 Å². The van der Waals surface area contributed by atoms with Crippen molar-refractivity contribution >= 4 is 38.3 Å². The van der Waals surface area contributed by atoms with Crippen LogP contribution in [0.1, 0.15) is 27.2 Å². The number of thiazole rings is 1. The third kappa shape index (κ3) is 3.87. The fraction of sp³-hybridized carbons (Fsp3) is 0.200. The summed E-state index contributed by atoms with van der Waals surface area (Å²) >= 11 is 4.88. The Morgan fingerprint density at radius 1 is 1.15 bits per heavy atom. The number of halogens is 1. The number of carbonyl (C=O) groups is 1. The Morgan fingerprint density at radius 2 is 1.92 bits per heavy atom. The van der Waals surface area contributed by atoms with Gasteiger partial charge in [-0.1, -0.05) is 36.4 Å². The topological polar surface area (TPSA) is 45.2 Å². The highest BCUT2D eigenvalue weighted by atomic mass is 79.9. The molecule has 0 bridgehead atoms. The largest absolute Gasteiger partial charge is 0.298 e. The molecule has 6 heteroatoms. The molecule has 0 unspecified atom stereocenters. The van der Waals surface area contributed by atoms with Crippen LogP contribution < -0.4 is 5.32 Å². The smallest absolute Gasteiger partial charge is 0.258 e. The summed E-state index contributed by atoms with van der Waals surface area (Å²) in [7, 11) is 0. The highest BCUT2D eigenvalue weighted by Crippen LogP contribution is 2.23. The van der Waals surface area contributed by atoms with Crippen LogP contribution in [0.25, 0.3) is 0 Å². The van der Waals surface area contributed by atoms with Crippen LogP contribution in [0.5, 0.6) is 0 Å². The molecule has 2 aromatic carbocycles. The second-order valence-electron chi connectivity index (χ2n) is 6.31. The first kappa shape index (κ1) is 17.4. The van der Waals surface area contributed by atoms with Crippen LogP contribution >= 0.6 is 27.3 Å². The number of carbonyl (C=O) groups excluding carboxylic acids is 1. The fourth-order valence-corrected chi connectivity index (χ4v) is 4.33. The van der Waals surface area contributed by atoms with E-state index in [0.717, 1.165) is 36.2 Å². The lowest BCUT2D eigenvalue weighted by Gasteiger charge is -2.27. The van der Waals surface area contributed by atoms with Gasteiger partial charge in [0.05, 0.1) is 11.3 Å². The molecular formula is C20H18BrN3OS. The van der Waals surface area contributed by atoms with Crippen molar-refractivity contribution in [3.63, 3.8) is 0 Å². The third-order valence-electron chi connectivity index (χ3n) is 4.49. The predicted molar refractivity (Wildman–Crippen MR) is 108 cm³/mol. The number of fused-ring (bicyclic) bond motifs is 1. The van der Waals surface area contributed by atoms with Gasteiger partial charge in [0.2, 0.25) is 0 Å². The summed E-state index contributed by atoms with van der Waals surface area (Å²) in [6, 6.07) is 16.0. The average molecular weight is 428 g/mol. The minimum absolute atomic E-state index is 0.148. The Kier molecular flexibility index (Phi) is 5.15. The van der Waals surface area contributed by atoms with Crippen LogP contribution in [0.15, 0.2) is 58.4 Å². The summed E-state index contributed by atoms with van der Waals surface area (Å²) in [5, 5.41) is 5.55. The number of hydrogen-bond donors (Lipinski definition) is 1. The van der Waals surface area contributed by atoms with E-state index in [2.05, 4.69) is 55.4 Å². The van der Waals surface area contributed by atoms with E-state index in [-0.39, 0.29) is 5.91 Å². The van der Waals surface area contributed by atoms with Crippen LogP contribution in [-0.2, 0) is 19.5 Å². The highest BCUT2D eigenvalue weighted by molar-refractivity contribution is 9.10. The molecule has 132 valence electrons. The van der Waals surface area contributed by atoms with Crippen molar-refractivity contribution in [1.29, 1.82) is 0 Å². The minimum Gasteiger partial charge on any atom is -0.298 e. The van der Waals surface area contributed by atoms with Crippen molar-refractivity contribution in [2.24, 2.45) is 0 Å². The quantitative estimate of drug-likeness (QED) is 0.655. The summed E-state index contributed by atoms with van der Waals surface area (Å²) in [4.78, 5) is 19.4. The van der Waals surface area contributed by atoms with E-state index in [1.165, 1.54) is 22.5 Å². The second kappa shape index (κ2) is 7.70. The molecule has 0 fully saturated rings. The summed E-state index contributed by atoms with van der Waals surface area (Å²) in [6.07, 6.45) is 1.08. The first-order valence-electron chi connectivity index (χ1n) is 8.48. The molecule has 0 saturated carbocycles. The molecule has 1 aliphatic heterocycles. The van der Waals surface area contributed by atoms with Gasteiger partial charge in [-0.2, -0.15) is 0 Å². The zero-order valence-corrected chi connectivity index (χ0v) is 16.5. The molecule has 1 aliphatic rings. The second-order valence-corrected chi connectivity index (χ2v) is 8.02. The maximum Gasteiger partial charge on any atom is 0.258 e. The van der Waals surface area contributed by atoms with Gasteiger partial charge in [-0.15, -0.1) is 11.3 Å². The Labute approximate surface area is 165 Å². The van der Waals surface area contributed by atoms with Crippen molar-refractivity contribution in [2.75, 3.05) is 11.9 Å². The molecule has 0 radical (unpaired) electrons. The van der Waals surface area contributed by atoms with Crippen molar-refractivity contribution < 1.29 is 4.79 Å². The number of aromatic nitrogens is 1. The van der Waals surface area contributed by atoms with Gasteiger partial charge in [0.25, 0.3) is 5.91 Å². The van der Waals surface area contributed by atoms with E-state index in [1.807, 2.05) is 23.6 Å². The summed E-state index contributed by atoms with van der Waals surface area (Å²) in [5.41, 5.74) is 4.45. The van der Waals surface area contributed by atoms with Crippen molar-refractivity contribution in [2.45, 2.75) is 19.5 Å². The van der Waals surface area contributed by atoms with Crippen molar-refractivity contribution in [3.05, 3.63) is 80.8 Å². The molecule has 1 amide bonds. The van der Waals surface area contributed by atoms with Crippen LogP contribution in [0.3, 0.4) is 0 Å². The minimum atomic E-state index is -0.148. The van der Waals surface area contributed by atoms with E-state index < -0.39 is 0 Å². The first-order valence-corrected chi connectivity index (χ1v) is 10.2. The molecule has 4 nitrogen and oxygen atoms in total. The summed E-state index contributed by atoms with van der Waals surface area (Å²) in [5.74, 6) is -0.148. The maximum absolute atomic E-state index is 12.4. The molecule has 0 spiro atoms. The fourth-order valence-electron chi connectivity index (χ4n) is 3.17. The normalized spacial score (nSPS) is 14.0. The molecule has 3 aromatic rings. The monoisotopic (exact) mass is 427 g/mol. The Bertz CT molecular complexity index is 940. The SMILES string of the molecule is O=C(Nc1nc(CN2CCc3ccccc3C2)cs1)c1ccccc1Br. The van der Waals surface area contributed by atoms with E-state index in [9.17, 15) is 4.79 Å². The van der Waals surface area contributed by atoms with Crippen LogP contribution in [0.4, 0.5) is 5.13 Å². The van der Waals surface area contributed by atoms with Crippen molar-refractivity contribution in [1.82, 2.24) is 9.88 Å². The Hall–Kier alpha value is -2.02. The van der Waals surface area contributed by atoms with Gasteiger partial charge in [0.15, 0.2) is 5.13 Å². The molecule has 0 saturated heterocycles. The number of nitrogens with zero attached hydrogens (tertiary/aromatic N) is 2. The molecule has 0 aliphatic carbocycles. The van der Waals surface area contributed by atoms with Gasteiger partial charge in [0, 0.05) is 29.5 Å². The van der Waals surface area contributed by atoms with Crippen LogP contribution in [0, 0.1) is 0 Å². The van der Waals surface area contributed by atoms with Gasteiger partial charge >= 0.3 is 0 Å². The standard InChI is InChI=1S/C20H18BrN3OS/c21-18-8-4-3-7-17(18)19(25)23-20-22-16(13-26-20)12-24-10-9-14-5-1-2-6-15(14)11-24/h1-8,13H,9-12H2,(H,22,23,25). The first-order chi connectivity index (χ1) is 12.7. The predicted octanol–water partition coefficient (Wildman–Crippen LogP) is 4.72. The number of benzene rings is 2. The molecule has 1 N–H and O–H groups in total. The van der Waals surface area contributed by atoms with Gasteiger partial charge in [0.1, 0.15) is 0 Å². The summed E-state index contributed by atoms with van der Waals surface area (Å²) in [6.45, 7) is 2.79. The third-order valence-corrected chi connectivity index (χ3v) is 5.98. The number of amides is 1. The lowest BCUT2D eigenvalue weighted by molar-refractivity contribution is 0.102. The lowest BCUT2D eigenvalue weighted by atomic mass is 10.00. The van der Waals surface area contributed by atoms with Gasteiger partial charge in [-0.25, -0.2) is 4.98 Å². The Balaban J connectivity index is 1.40. The number of rotatable bonds is 4. The van der Waals surface area contributed by atoms with E-state index in [1.54, 1.807) is 6.07 Å². The summed E-state index contributed by atoms with van der Waals surface area (Å²) < 4.78 is 0.779. The molecule has 1 aromatic heterocycles. The molecule has 0 atom stereocenters. The van der Waals surface area contributed by atoms with Crippen molar-refractivity contribution in [3.8, 4) is 0 Å². The number of hydrogen-bond acceptors (Lipinski definition) is 4. The lowest BCUT2D eigenvalue weighted by Crippen LogP contribution is -2.30. The average Bonchev–Trinajstić information content (AvgIpc) is 3.08.